The highest BCUT2D eigenvalue weighted by Crippen LogP contribution is 2.64. The Bertz CT molecular complexity index is 2290. The Labute approximate surface area is 341 Å². The minimum atomic E-state index is -4.75. The van der Waals surface area contributed by atoms with Crippen LogP contribution in [0.25, 0.3) is 0 Å². The summed E-state index contributed by atoms with van der Waals surface area (Å²) in [7, 11) is 0. The molecule has 1 saturated carbocycles. The van der Waals surface area contributed by atoms with Crippen molar-refractivity contribution in [3.8, 4) is 5.75 Å². The van der Waals surface area contributed by atoms with Crippen molar-refractivity contribution in [1.82, 2.24) is 9.99 Å². The number of aromatic nitrogens is 1. The van der Waals surface area contributed by atoms with Crippen molar-refractivity contribution < 1.29 is 42.2 Å². The molecular weight excluding hydrogens is 887 g/mol. The monoisotopic (exact) mass is 916 g/mol. The van der Waals surface area contributed by atoms with E-state index in [0.29, 0.717) is 45.4 Å². The number of halogens is 6. The number of ether oxygens (including phenoxy) is 1. The van der Waals surface area contributed by atoms with Crippen LogP contribution in [0.3, 0.4) is 0 Å². The fourth-order valence-electron chi connectivity index (χ4n) is 8.92. The van der Waals surface area contributed by atoms with E-state index in [1.165, 1.54) is 4.90 Å². The van der Waals surface area contributed by atoms with Gasteiger partial charge in [0.1, 0.15) is 12.4 Å². The molecule has 16 heteroatoms. The number of anilines is 2. The number of alkyl halides is 3. The predicted octanol–water partition coefficient (Wildman–Crippen LogP) is 7.57. The maximum absolute atomic E-state index is 15.3. The van der Waals surface area contributed by atoms with Crippen molar-refractivity contribution in [2.24, 2.45) is 23.7 Å². The molecule has 3 heterocycles. The van der Waals surface area contributed by atoms with Crippen molar-refractivity contribution in [3.05, 3.63) is 127 Å². The molecule has 2 saturated heterocycles. The van der Waals surface area contributed by atoms with Crippen LogP contribution in [0.1, 0.15) is 35.4 Å². The van der Waals surface area contributed by atoms with Crippen LogP contribution in [0, 0.1) is 27.2 Å². The predicted molar refractivity (Wildman–Crippen MR) is 208 cm³/mol. The zero-order valence-electron chi connectivity index (χ0n) is 29.0. The molecule has 3 fully saturated rings. The summed E-state index contributed by atoms with van der Waals surface area (Å²) >= 11 is 14.8. The molecule has 8 rings (SSSR count). The van der Waals surface area contributed by atoms with E-state index in [1.807, 2.05) is 6.08 Å². The van der Waals surface area contributed by atoms with Gasteiger partial charge in [-0.05, 0) is 107 Å². The summed E-state index contributed by atoms with van der Waals surface area (Å²) in [5.41, 5.74) is 1.98. The second kappa shape index (κ2) is 14.5. The van der Waals surface area contributed by atoms with Crippen LogP contribution >= 0.6 is 45.8 Å². The first-order chi connectivity index (χ1) is 26.7. The van der Waals surface area contributed by atoms with E-state index in [2.05, 4.69) is 33.0 Å². The van der Waals surface area contributed by atoms with Crippen LogP contribution in [-0.4, -0.2) is 51.9 Å². The first-order valence-electron chi connectivity index (χ1n) is 17.6. The van der Waals surface area contributed by atoms with Gasteiger partial charge in [0, 0.05) is 20.7 Å². The van der Waals surface area contributed by atoms with Crippen molar-refractivity contribution in [1.29, 1.82) is 0 Å². The quantitative estimate of drug-likeness (QED) is 0.105. The lowest BCUT2D eigenvalue weighted by Gasteiger charge is -2.50. The molecule has 0 radical (unpaired) electrons. The molecular formula is C40H30Cl2F3IN4O6. The molecule has 2 aliphatic carbocycles. The molecule has 56 heavy (non-hydrogen) atoms. The number of aliphatic hydroxyl groups excluding tert-OH is 1. The molecule has 6 unspecified atom stereocenters. The van der Waals surface area contributed by atoms with E-state index >= 15 is 4.79 Å². The highest BCUT2D eigenvalue weighted by Gasteiger charge is 2.70. The van der Waals surface area contributed by atoms with Crippen molar-refractivity contribution >= 4 is 80.9 Å². The fraction of sp³-hybridized carbons (Fsp3) is 0.275. The van der Waals surface area contributed by atoms with Crippen LogP contribution in [0.4, 0.5) is 24.7 Å². The standard InChI is InChI=1S/C40H30Cl2F3IN4O6/c41-23-5-3-21(4-6-23)39-30(36(53)50(38(39)55)48-34-31(42)17-22(19-47-34)40(43,44)45)18-29-27(33(39)20-1-11-26(12-2-20)56-16-15-51)13-14-28-32(29)37(54)49(35(28)52)25-9-7-24(46)8-10-25/h1-13,17,19,28-30,32-33,51H,14-16,18H2,(H,47,48). The largest absolute Gasteiger partial charge is 0.491 e. The summed E-state index contributed by atoms with van der Waals surface area (Å²) in [6.45, 7) is -0.177. The molecule has 1 aromatic heterocycles. The molecule has 10 nitrogen and oxygen atoms in total. The van der Waals surface area contributed by atoms with E-state index in [-0.39, 0.29) is 37.8 Å². The average Bonchev–Trinajstić information content (AvgIpc) is 3.55. The third-order valence-corrected chi connectivity index (χ3v) is 12.5. The second-order valence-electron chi connectivity index (χ2n) is 14.0. The average molecular weight is 918 g/mol. The molecule has 0 spiro atoms. The Kier molecular flexibility index (Phi) is 9.90. The number of carbonyl (C=O) groups is 4. The number of carbonyl (C=O) groups excluding carboxylic acids is 4. The Hall–Kier alpha value is -4.51. The molecule has 6 atom stereocenters. The number of hydrogen-bond acceptors (Lipinski definition) is 8. The first-order valence-corrected chi connectivity index (χ1v) is 19.4. The number of rotatable bonds is 8. The van der Waals surface area contributed by atoms with Crippen LogP contribution in [-0.2, 0) is 30.8 Å². The third-order valence-electron chi connectivity index (χ3n) is 11.2. The summed E-state index contributed by atoms with van der Waals surface area (Å²) in [6.07, 6.45) is -2.10. The normalized spacial score (nSPS) is 25.8. The zero-order valence-corrected chi connectivity index (χ0v) is 32.6. The molecule has 2 N–H and O–H groups in total. The zero-order chi connectivity index (χ0) is 39.7. The van der Waals surface area contributed by atoms with Gasteiger partial charge in [0.2, 0.25) is 11.8 Å². The number of allylic oxidation sites excluding steroid dienone is 2. The maximum atomic E-state index is 15.3. The van der Waals surface area contributed by atoms with Crippen LogP contribution < -0.4 is 15.1 Å². The van der Waals surface area contributed by atoms with Gasteiger partial charge < -0.3 is 9.84 Å². The molecule has 3 aromatic carbocycles. The number of hydrogen-bond donors (Lipinski definition) is 2. The van der Waals surface area contributed by atoms with E-state index in [0.717, 1.165) is 8.58 Å². The Morgan fingerprint density at radius 2 is 1.62 bits per heavy atom. The van der Waals surface area contributed by atoms with Gasteiger partial charge in [-0.3, -0.25) is 29.5 Å². The fourth-order valence-corrected chi connectivity index (χ4v) is 9.62. The van der Waals surface area contributed by atoms with Gasteiger partial charge in [-0.15, -0.1) is 0 Å². The lowest BCUT2D eigenvalue weighted by atomic mass is 9.49. The Balaban J connectivity index is 1.29. The lowest BCUT2D eigenvalue weighted by Crippen LogP contribution is -2.53. The minimum absolute atomic E-state index is 0.0136. The van der Waals surface area contributed by atoms with Gasteiger partial charge in [0.25, 0.3) is 11.8 Å². The van der Waals surface area contributed by atoms with Gasteiger partial charge in [0.05, 0.1) is 46.0 Å². The number of hydrazine groups is 1. The van der Waals surface area contributed by atoms with Gasteiger partial charge >= 0.3 is 6.18 Å². The second-order valence-corrected chi connectivity index (χ2v) is 16.1. The maximum Gasteiger partial charge on any atom is 0.417 e. The molecule has 4 amide bonds. The minimum Gasteiger partial charge on any atom is -0.491 e. The van der Waals surface area contributed by atoms with Crippen LogP contribution in [0.2, 0.25) is 10.0 Å². The van der Waals surface area contributed by atoms with Gasteiger partial charge in [0.15, 0.2) is 5.82 Å². The van der Waals surface area contributed by atoms with E-state index < -0.39 is 69.5 Å². The van der Waals surface area contributed by atoms with Crippen molar-refractivity contribution in [2.75, 3.05) is 23.5 Å². The molecule has 4 aliphatic rings. The molecule has 4 aromatic rings. The summed E-state index contributed by atoms with van der Waals surface area (Å²) in [4.78, 5) is 63.7. The Morgan fingerprint density at radius 1 is 0.929 bits per heavy atom. The van der Waals surface area contributed by atoms with Gasteiger partial charge in [-0.25, -0.2) is 4.98 Å². The van der Waals surface area contributed by atoms with Crippen molar-refractivity contribution in [2.45, 2.75) is 30.4 Å². The van der Waals surface area contributed by atoms with Crippen molar-refractivity contribution in [3.63, 3.8) is 0 Å². The third kappa shape index (κ3) is 6.16. The summed E-state index contributed by atoms with van der Waals surface area (Å²) in [5, 5.41) is 9.97. The number of fused-ring (bicyclic) bond motifs is 4. The highest BCUT2D eigenvalue weighted by molar-refractivity contribution is 14.1. The van der Waals surface area contributed by atoms with Gasteiger partial charge in [-0.1, -0.05) is 59.1 Å². The Morgan fingerprint density at radius 3 is 2.27 bits per heavy atom. The SMILES string of the molecule is O=C1C2CC3C(=CCC4C(=O)N(c5ccc(I)cc5)C(=O)C43)C(c3ccc(OCCO)cc3)C2(c2ccc(Cl)cc2)C(=O)N1Nc1ncc(C(F)(F)F)cc1Cl. The summed E-state index contributed by atoms with van der Waals surface area (Å²) in [6, 6.07) is 21.1. The lowest BCUT2D eigenvalue weighted by molar-refractivity contribution is -0.139. The van der Waals surface area contributed by atoms with Crippen LogP contribution in [0.5, 0.6) is 5.75 Å². The summed E-state index contributed by atoms with van der Waals surface area (Å²) in [5.74, 6) is -6.40. The number of nitrogens with zero attached hydrogens (tertiary/aromatic N) is 3. The smallest absolute Gasteiger partial charge is 0.417 e. The van der Waals surface area contributed by atoms with E-state index in [1.54, 1.807) is 72.8 Å². The number of nitrogens with one attached hydrogen (secondary N) is 1. The topological polar surface area (TPSA) is 129 Å². The number of aliphatic hydroxyl groups is 1. The van der Waals surface area contributed by atoms with Gasteiger partial charge in [-0.2, -0.15) is 18.2 Å². The number of amides is 4. The number of pyridine rings is 1. The molecule has 2 aliphatic heterocycles. The number of benzene rings is 3. The highest BCUT2D eigenvalue weighted by atomic mass is 127. The molecule has 0 bridgehead atoms. The summed E-state index contributed by atoms with van der Waals surface area (Å²) < 4.78 is 47.0. The van der Waals surface area contributed by atoms with Crippen LogP contribution in [0.15, 0.2) is 96.7 Å². The number of imide groups is 2. The van der Waals surface area contributed by atoms with E-state index in [4.69, 9.17) is 27.9 Å². The van der Waals surface area contributed by atoms with E-state index in [9.17, 15) is 32.7 Å². The molecule has 288 valence electrons. The first kappa shape index (κ1) is 38.4.